The van der Waals surface area contributed by atoms with Gasteiger partial charge in [0.15, 0.2) is 0 Å². The summed E-state index contributed by atoms with van der Waals surface area (Å²) in [6.45, 7) is 1.81. The Kier molecular flexibility index (Phi) is 3.35. The molecule has 0 spiro atoms. The van der Waals surface area contributed by atoms with Gasteiger partial charge in [-0.15, -0.1) is 0 Å². The maximum atomic E-state index is 10.9. The molecule has 1 rings (SSSR count). The summed E-state index contributed by atoms with van der Waals surface area (Å²) in [5.74, 6) is 0. The van der Waals surface area contributed by atoms with Crippen LogP contribution in [0.5, 0.6) is 0 Å². The molecule has 0 saturated carbocycles. The third kappa shape index (κ3) is 2.93. The van der Waals surface area contributed by atoms with Crippen LogP contribution in [0, 0.1) is 0 Å². The van der Waals surface area contributed by atoms with E-state index in [0.29, 0.717) is 13.0 Å². The van der Waals surface area contributed by atoms with Crippen LogP contribution in [-0.2, 0) is 10.0 Å². The number of carbonyl (C=O) groups is 1. The number of nitrogens with zero attached hydrogens (tertiary/aromatic N) is 1. The van der Waals surface area contributed by atoms with E-state index in [0.717, 1.165) is 6.42 Å². The molecule has 1 saturated heterocycles. The van der Waals surface area contributed by atoms with Crippen molar-refractivity contribution in [3.63, 3.8) is 0 Å². The molecule has 1 fully saturated rings. The number of sulfonamides is 1. The molecule has 1 aliphatic rings. The van der Waals surface area contributed by atoms with Crippen LogP contribution in [0.1, 0.15) is 19.8 Å². The van der Waals surface area contributed by atoms with E-state index in [9.17, 15) is 13.2 Å². The molecule has 1 aliphatic heterocycles. The summed E-state index contributed by atoms with van der Waals surface area (Å²) in [7, 11) is -3.70. The lowest BCUT2D eigenvalue weighted by atomic mass is 10.2. The minimum absolute atomic E-state index is 0.0145. The van der Waals surface area contributed by atoms with E-state index in [-0.39, 0.29) is 10.9 Å². The van der Waals surface area contributed by atoms with Crippen LogP contribution in [0.4, 0.5) is 4.79 Å². The van der Waals surface area contributed by atoms with Crippen LogP contribution >= 0.6 is 0 Å². The molecule has 0 bridgehead atoms. The predicted octanol–water partition coefficient (Wildman–Crippen LogP) is 0.321. The largest absolute Gasteiger partial charge is 0.465 e. The van der Waals surface area contributed by atoms with Gasteiger partial charge in [-0.05, 0) is 25.8 Å². The summed E-state index contributed by atoms with van der Waals surface area (Å²) in [5.41, 5.74) is 0. The van der Waals surface area contributed by atoms with E-state index in [1.54, 1.807) is 0 Å². The molecule has 0 aromatic heterocycles. The quantitative estimate of drug-likeness (QED) is 0.718. The molecule has 0 aliphatic carbocycles. The van der Waals surface area contributed by atoms with Crippen molar-refractivity contribution < 1.29 is 18.3 Å². The van der Waals surface area contributed by atoms with Gasteiger partial charge in [0, 0.05) is 6.54 Å². The topological polar surface area (TPSA) is 101 Å². The van der Waals surface area contributed by atoms with Gasteiger partial charge in [0.1, 0.15) is 0 Å². The SMILES string of the molecule is C/C(=C\C1CCCN1C(=O)O)S(N)(=O)=O. The number of primary sulfonamides is 1. The van der Waals surface area contributed by atoms with Gasteiger partial charge in [0.2, 0.25) is 10.0 Å². The highest BCUT2D eigenvalue weighted by atomic mass is 32.2. The summed E-state index contributed by atoms with van der Waals surface area (Å²) in [6.07, 6.45) is 1.75. The number of nitrogens with two attached hydrogens (primary N) is 1. The zero-order valence-corrected chi connectivity index (χ0v) is 9.20. The third-order valence-corrected chi connectivity index (χ3v) is 3.45. The average Bonchev–Trinajstić information content (AvgIpc) is 2.50. The van der Waals surface area contributed by atoms with E-state index in [2.05, 4.69) is 0 Å². The first kappa shape index (κ1) is 12.0. The maximum Gasteiger partial charge on any atom is 0.407 e. The van der Waals surface area contributed by atoms with Crippen LogP contribution in [0.3, 0.4) is 0 Å². The molecule has 1 atom stereocenters. The van der Waals surface area contributed by atoms with Gasteiger partial charge in [-0.2, -0.15) is 0 Å². The van der Waals surface area contributed by atoms with Crippen molar-refractivity contribution in [3.8, 4) is 0 Å². The van der Waals surface area contributed by atoms with Gasteiger partial charge >= 0.3 is 6.09 Å². The molecule has 1 heterocycles. The Hall–Kier alpha value is -1.08. The summed E-state index contributed by atoms with van der Waals surface area (Å²) in [6, 6.07) is -0.374. The van der Waals surface area contributed by atoms with Crippen molar-refractivity contribution in [2.45, 2.75) is 25.8 Å². The molecule has 1 amide bonds. The molecule has 6 nitrogen and oxygen atoms in total. The van der Waals surface area contributed by atoms with Gasteiger partial charge in [-0.3, -0.25) is 0 Å². The van der Waals surface area contributed by atoms with Gasteiger partial charge < -0.3 is 10.0 Å². The van der Waals surface area contributed by atoms with Gasteiger partial charge in [-0.25, -0.2) is 18.4 Å². The first-order valence-corrected chi connectivity index (χ1v) is 6.08. The number of amides is 1. The Bertz CT molecular complexity index is 387. The van der Waals surface area contributed by atoms with Crippen molar-refractivity contribution >= 4 is 16.1 Å². The molecule has 0 aromatic carbocycles. The lowest BCUT2D eigenvalue weighted by molar-refractivity contribution is 0.147. The molecule has 3 N–H and O–H groups in total. The van der Waals surface area contributed by atoms with Crippen molar-refractivity contribution in [3.05, 3.63) is 11.0 Å². The molecule has 0 radical (unpaired) electrons. The second-order valence-electron chi connectivity index (χ2n) is 3.51. The Labute approximate surface area is 88.4 Å². The summed E-state index contributed by atoms with van der Waals surface area (Å²) >= 11 is 0. The number of allylic oxidation sites excluding steroid dienone is 1. The molecule has 15 heavy (non-hydrogen) atoms. The summed E-state index contributed by atoms with van der Waals surface area (Å²) in [5, 5.41) is 13.7. The van der Waals surface area contributed by atoms with Crippen LogP contribution in [0.2, 0.25) is 0 Å². The molecule has 0 aromatic rings. The number of carboxylic acid groups (broad SMARTS) is 1. The fourth-order valence-electron chi connectivity index (χ4n) is 1.57. The first-order chi connectivity index (χ1) is 6.82. The Morgan fingerprint density at radius 1 is 1.60 bits per heavy atom. The Balaban J connectivity index is 2.86. The zero-order valence-electron chi connectivity index (χ0n) is 8.38. The third-order valence-electron chi connectivity index (χ3n) is 2.42. The highest BCUT2D eigenvalue weighted by Crippen LogP contribution is 2.20. The van der Waals surface area contributed by atoms with Gasteiger partial charge in [0.05, 0.1) is 10.9 Å². The smallest absolute Gasteiger partial charge is 0.407 e. The maximum absolute atomic E-state index is 10.9. The Morgan fingerprint density at radius 3 is 2.67 bits per heavy atom. The van der Waals surface area contributed by atoms with E-state index in [1.165, 1.54) is 17.9 Å². The minimum atomic E-state index is -3.70. The molecular weight excluding hydrogens is 220 g/mol. The van der Waals surface area contributed by atoms with E-state index in [4.69, 9.17) is 10.2 Å². The molecule has 7 heteroatoms. The number of rotatable bonds is 2. The normalized spacial score (nSPS) is 23.2. The molecule has 86 valence electrons. The minimum Gasteiger partial charge on any atom is -0.465 e. The number of hydrogen-bond donors (Lipinski definition) is 2. The van der Waals surface area contributed by atoms with Gasteiger partial charge in [-0.1, -0.05) is 0 Å². The molecular formula is C8H14N2O4S. The fraction of sp³-hybridized carbons (Fsp3) is 0.625. The predicted molar refractivity (Wildman–Crippen MR) is 54.6 cm³/mol. The number of likely N-dealkylation sites (tertiary alicyclic amines) is 1. The van der Waals surface area contributed by atoms with Crippen molar-refractivity contribution in [1.82, 2.24) is 4.90 Å². The fourth-order valence-corrected chi connectivity index (χ4v) is 1.92. The van der Waals surface area contributed by atoms with Crippen LogP contribution in [0.25, 0.3) is 0 Å². The van der Waals surface area contributed by atoms with Crippen molar-refractivity contribution in [2.24, 2.45) is 5.14 Å². The second kappa shape index (κ2) is 4.19. The monoisotopic (exact) mass is 234 g/mol. The summed E-state index contributed by atoms with van der Waals surface area (Å²) < 4.78 is 21.9. The second-order valence-corrected chi connectivity index (χ2v) is 5.24. The van der Waals surface area contributed by atoms with E-state index < -0.39 is 16.1 Å². The standard InChI is InChI=1S/C8H14N2O4S/c1-6(15(9,13)14)5-7-3-2-4-10(7)8(11)12/h5,7H,2-4H2,1H3,(H,11,12)(H2,9,13,14)/b6-5+. The molecule has 1 unspecified atom stereocenters. The van der Waals surface area contributed by atoms with E-state index >= 15 is 0 Å². The number of hydrogen-bond acceptors (Lipinski definition) is 3. The first-order valence-electron chi connectivity index (χ1n) is 4.53. The van der Waals surface area contributed by atoms with Gasteiger partial charge in [0.25, 0.3) is 0 Å². The average molecular weight is 234 g/mol. The zero-order chi connectivity index (χ0) is 11.6. The highest BCUT2D eigenvalue weighted by Gasteiger charge is 2.27. The van der Waals surface area contributed by atoms with Crippen LogP contribution in [-0.4, -0.2) is 37.1 Å². The van der Waals surface area contributed by atoms with E-state index in [1.807, 2.05) is 0 Å². The highest BCUT2D eigenvalue weighted by molar-refractivity contribution is 7.93. The van der Waals surface area contributed by atoms with Crippen LogP contribution in [0.15, 0.2) is 11.0 Å². The summed E-state index contributed by atoms with van der Waals surface area (Å²) in [4.78, 5) is 12.0. The Morgan fingerprint density at radius 2 is 2.20 bits per heavy atom. The van der Waals surface area contributed by atoms with Crippen LogP contribution < -0.4 is 5.14 Å². The van der Waals surface area contributed by atoms with Crippen molar-refractivity contribution in [1.29, 1.82) is 0 Å². The van der Waals surface area contributed by atoms with Crippen molar-refractivity contribution in [2.75, 3.05) is 6.54 Å². The lowest BCUT2D eigenvalue weighted by Crippen LogP contribution is -2.33. The lowest BCUT2D eigenvalue weighted by Gasteiger charge is -2.18.